The summed E-state index contributed by atoms with van der Waals surface area (Å²) in [6.07, 6.45) is 0. The molecular formula is C22H24N4O4S. The third-order valence-electron chi connectivity index (χ3n) is 5.27. The molecule has 2 fully saturated rings. The summed E-state index contributed by atoms with van der Waals surface area (Å²) >= 11 is 1.35. The average Bonchev–Trinajstić information content (AvgIpc) is 3.05. The summed E-state index contributed by atoms with van der Waals surface area (Å²) < 4.78 is 5.38. The van der Waals surface area contributed by atoms with Crippen LogP contribution in [-0.2, 0) is 9.53 Å². The van der Waals surface area contributed by atoms with Crippen LogP contribution in [0.1, 0.15) is 17.3 Å². The highest BCUT2D eigenvalue weighted by Gasteiger charge is 2.41. The molecule has 0 aliphatic carbocycles. The molecule has 2 aromatic carbocycles. The lowest BCUT2D eigenvalue weighted by Crippen LogP contribution is -2.46. The fourth-order valence-electron chi connectivity index (χ4n) is 3.46. The molecule has 0 bridgehead atoms. The Labute approximate surface area is 184 Å². The number of amides is 4. The number of rotatable bonds is 6. The van der Waals surface area contributed by atoms with E-state index in [0.717, 1.165) is 36.9 Å². The minimum absolute atomic E-state index is 0.229. The second kappa shape index (κ2) is 8.99. The van der Waals surface area contributed by atoms with Gasteiger partial charge in [0.15, 0.2) is 0 Å². The first-order valence-electron chi connectivity index (χ1n) is 10.0. The van der Waals surface area contributed by atoms with Crippen molar-refractivity contribution in [2.45, 2.75) is 17.4 Å². The first kappa shape index (κ1) is 21.2. The fraction of sp³-hybridized carbons (Fsp3) is 0.318. The Balaban J connectivity index is 1.42. The van der Waals surface area contributed by atoms with Crippen LogP contribution in [0.2, 0.25) is 0 Å². The number of hydrogen-bond donors (Lipinski definition) is 3. The van der Waals surface area contributed by atoms with Crippen LogP contribution < -0.4 is 20.9 Å². The molecule has 3 N–H and O–H groups in total. The molecule has 2 aliphatic heterocycles. The number of morpholine rings is 1. The van der Waals surface area contributed by atoms with Crippen molar-refractivity contribution in [2.24, 2.45) is 0 Å². The summed E-state index contributed by atoms with van der Waals surface area (Å²) in [6, 6.07) is 14.5. The molecule has 31 heavy (non-hydrogen) atoms. The van der Waals surface area contributed by atoms with E-state index in [2.05, 4.69) is 20.9 Å². The van der Waals surface area contributed by atoms with Gasteiger partial charge in [-0.2, -0.15) is 0 Å². The molecule has 4 rings (SSSR count). The van der Waals surface area contributed by atoms with E-state index in [1.165, 1.54) is 11.8 Å². The third kappa shape index (κ3) is 4.83. The molecule has 2 aromatic rings. The lowest BCUT2D eigenvalue weighted by molar-refractivity contribution is -0.122. The Kier molecular flexibility index (Phi) is 6.15. The number of anilines is 2. The number of ether oxygens (including phenoxy) is 1. The molecular weight excluding hydrogens is 416 g/mol. The normalized spacial score (nSPS) is 20.9. The number of nitrogens with zero attached hydrogens (tertiary/aromatic N) is 1. The Morgan fingerprint density at radius 3 is 2.52 bits per heavy atom. The van der Waals surface area contributed by atoms with Gasteiger partial charge in [0.05, 0.1) is 18.8 Å². The van der Waals surface area contributed by atoms with Gasteiger partial charge >= 0.3 is 6.03 Å². The first-order valence-corrected chi connectivity index (χ1v) is 11.0. The summed E-state index contributed by atoms with van der Waals surface area (Å²) in [7, 11) is 0. The van der Waals surface area contributed by atoms with Crippen molar-refractivity contribution in [3.63, 3.8) is 0 Å². The number of benzene rings is 2. The molecule has 2 aliphatic rings. The lowest BCUT2D eigenvalue weighted by Gasteiger charge is -2.28. The maximum atomic E-state index is 12.9. The maximum absolute atomic E-state index is 12.9. The fourth-order valence-corrected chi connectivity index (χ4v) is 4.60. The van der Waals surface area contributed by atoms with E-state index in [0.29, 0.717) is 17.0 Å². The Bertz CT molecular complexity index is 991. The maximum Gasteiger partial charge on any atom is 0.322 e. The standard InChI is InChI=1S/C22H24N4O4S/c1-22(20(28)24-21(29)25-22)14-31-18-5-3-2-4-17(18)19(27)23-15-6-8-16(9-7-15)26-10-12-30-13-11-26/h2-9H,10-14H2,1H3,(H,23,27)(H2,24,25,28,29)/t22-/m1/s1. The Morgan fingerprint density at radius 2 is 1.84 bits per heavy atom. The van der Waals surface area contributed by atoms with Gasteiger partial charge in [-0.05, 0) is 43.3 Å². The smallest absolute Gasteiger partial charge is 0.322 e. The van der Waals surface area contributed by atoms with Crippen LogP contribution in [0.5, 0.6) is 0 Å². The van der Waals surface area contributed by atoms with Gasteiger partial charge in [-0.25, -0.2) is 4.79 Å². The van der Waals surface area contributed by atoms with Crippen molar-refractivity contribution >= 4 is 41.0 Å². The van der Waals surface area contributed by atoms with Crippen molar-refractivity contribution in [2.75, 3.05) is 42.3 Å². The zero-order chi connectivity index (χ0) is 21.8. The van der Waals surface area contributed by atoms with E-state index >= 15 is 0 Å². The molecule has 162 valence electrons. The summed E-state index contributed by atoms with van der Waals surface area (Å²) in [5.74, 6) is -0.289. The molecule has 2 saturated heterocycles. The topological polar surface area (TPSA) is 99.8 Å². The number of nitrogens with one attached hydrogen (secondary N) is 3. The van der Waals surface area contributed by atoms with Gasteiger partial charge in [0.25, 0.3) is 11.8 Å². The molecule has 0 spiro atoms. The van der Waals surface area contributed by atoms with Crippen LogP contribution in [0.4, 0.5) is 16.2 Å². The molecule has 9 heteroatoms. The average molecular weight is 441 g/mol. The summed E-state index contributed by atoms with van der Waals surface area (Å²) in [5.41, 5.74) is 1.30. The summed E-state index contributed by atoms with van der Waals surface area (Å²) in [4.78, 5) is 39.4. The number of urea groups is 1. The number of thioether (sulfide) groups is 1. The van der Waals surface area contributed by atoms with E-state index in [-0.39, 0.29) is 11.8 Å². The number of hydrogen-bond acceptors (Lipinski definition) is 6. The molecule has 2 heterocycles. The molecule has 0 unspecified atom stereocenters. The van der Waals surface area contributed by atoms with Crippen LogP contribution in [0.3, 0.4) is 0 Å². The van der Waals surface area contributed by atoms with E-state index in [1.807, 2.05) is 36.4 Å². The van der Waals surface area contributed by atoms with E-state index in [9.17, 15) is 14.4 Å². The minimum atomic E-state index is -1.01. The van der Waals surface area contributed by atoms with Gasteiger partial charge in [-0.3, -0.25) is 14.9 Å². The van der Waals surface area contributed by atoms with Crippen LogP contribution in [0, 0.1) is 0 Å². The van der Waals surface area contributed by atoms with Crippen LogP contribution >= 0.6 is 11.8 Å². The second-order valence-corrected chi connectivity index (χ2v) is 8.64. The van der Waals surface area contributed by atoms with Gasteiger partial charge < -0.3 is 20.3 Å². The quantitative estimate of drug-likeness (QED) is 0.471. The van der Waals surface area contributed by atoms with Crippen LogP contribution in [0.15, 0.2) is 53.4 Å². The predicted molar refractivity (Wildman–Crippen MR) is 120 cm³/mol. The van der Waals surface area contributed by atoms with Crippen molar-refractivity contribution in [3.05, 3.63) is 54.1 Å². The largest absolute Gasteiger partial charge is 0.378 e. The van der Waals surface area contributed by atoms with Crippen molar-refractivity contribution in [3.8, 4) is 0 Å². The SMILES string of the molecule is C[C@]1(CSc2ccccc2C(=O)Nc2ccc(N3CCOCC3)cc2)NC(=O)NC1=O. The summed E-state index contributed by atoms with van der Waals surface area (Å²) in [6.45, 7) is 4.81. The highest BCUT2D eigenvalue weighted by atomic mass is 32.2. The predicted octanol–water partition coefficient (Wildman–Crippen LogP) is 2.47. The number of carbonyl (C=O) groups excluding carboxylic acids is 3. The highest BCUT2D eigenvalue weighted by Crippen LogP contribution is 2.28. The van der Waals surface area contributed by atoms with E-state index < -0.39 is 11.6 Å². The molecule has 4 amide bonds. The monoisotopic (exact) mass is 440 g/mol. The van der Waals surface area contributed by atoms with Gasteiger partial charge in [0.1, 0.15) is 5.54 Å². The Hall–Kier alpha value is -3.04. The second-order valence-electron chi connectivity index (χ2n) is 7.63. The summed E-state index contributed by atoms with van der Waals surface area (Å²) in [5, 5.41) is 7.83. The number of carbonyl (C=O) groups is 3. The van der Waals surface area contributed by atoms with Gasteiger partial charge in [-0.1, -0.05) is 12.1 Å². The zero-order valence-corrected chi connectivity index (χ0v) is 18.0. The molecule has 0 aromatic heterocycles. The van der Waals surface area contributed by atoms with E-state index in [1.54, 1.807) is 19.1 Å². The molecule has 0 saturated carbocycles. The van der Waals surface area contributed by atoms with Gasteiger partial charge in [0, 0.05) is 35.1 Å². The molecule has 1 atom stereocenters. The first-order chi connectivity index (χ1) is 14.9. The van der Waals surface area contributed by atoms with Crippen molar-refractivity contribution in [1.82, 2.24) is 10.6 Å². The van der Waals surface area contributed by atoms with Crippen molar-refractivity contribution in [1.29, 1.82) is 0 Å². The van der Waals surface area contributed by atoms with Crippen LogP contribution in [0.25, 0.3) is 0 Å². The van der Waals surface area contributed by atoms with E-state index in [4.69, 9.17) is 4.74 Å². The van der Waals surface area contributed by atoms with Gasteiger partial charge in [-0.15, -0.1) is 11.8 Å². The molecule has 0 radical (unpaired) electrons. The lowest BCUT2D eigenvalue weighted by atomic mass is 10.1. The number of imide groups is 1. The zero-order valence-electron chi connectivity index (χ0n) is 17.1. The van der Waals surface area contributed by atoms with Crippen LogP contribution in [-0.4, -0.2) is 55.4 Å². The molecule has 8 nitrogen and oxygen atoms in total. The van der Waals surface area contributed by atoms with Gasteiger partial charge in [0.2, 0.25) is 0 Å². The third-order valence-corrected chi connectivity index (χ3v) is 6.66. The Morgan fingerprint density at radius 1 is 1.13 bits per heavy atom. The minimum Gasteiger partial charge on any atom is -0.378 e. The van der Waals surface area contributed by atoms with Crippen molar-refractivity contribution < 1.29 is 19.1 Å². The highest BCUT2D eigenvalue weighted by molar-refractivity contribution is 7.99.